The molecule has 0 amide bonds. The highest BCUT2D eigenvalue weighted by Crippen LogP contribution is 2.26. The zero-order valence-electron chi connectivity index (χ0n) is 12.3. The Balaban J connectivity index is 1.75. The van der Waals surface area contributed by atoms with Crippen molar-refractivity contribution in [3.63, 3.8) is 0 Å². The summed E-state index contributed by atoms with van der Waals surface area (Å²) in [6.07, 6.45) is 1.19. The van der Waals surface area contributed by atoms with Crippen LogP contribution in [0.3, 0.4) is 0 Å². The largest absolute Gasteiger partial charge is 0.388 e. The third kappa shape index (κ3) is 3.21. The number of benzene rings is 2. The van der Waals surface area contributed by atoms with Crippen LogP contribution in [-0.2, 0) is 0 Å². The fourth-order valence-electron chi connectivity index (χ4n) is 2.25. The summed E-state index contributed by atoms with van der Waals surface area (Å²) in [5, 5.41) is 19.2. The average molecular weight is 311 g/mol. The van der Waals surface area contributed by atoms with Crippen molar-refractivity contribution >= 4 is 11.8 Å². The van der Waals surface area contributed by atoms with E-state index in [4.69, 9.17) is 0 Å². The molecule has 0 fully saturated rings. The minimum absolute atomic E-state index is 0.520. The average Bonchev–Trinajstić information content (AvgIpc) is 3.02. The van der Waals surface area contributed by atoms with Gasteiger partial charge in [0.1, 0.15) is 6.33 Å². The van der Waals surface area contributed by atoms with E-state index in [1.165, 1.54) is 11.8 Å². The number of hydrogen-bond acceptors (Lipinski definition) is 4. The number of aromatic nitrogens is 3. The van der Waals surface area contributed by atoms with Crippen LogP contribution in [0.25, 0.3) is 5.69 Å². The third-order valence-electron chi connectivity index (χ3n) is 3.45. The quantitative estimate of drug-likeness (QED) is 0.734. The number of hydrogen-bond donors (Lipinski definition) is 1. The lowest BCUT2D eigenvalue weighted by Gasteiger charge is -2.12. The molecule has 1 unspecified atom stereocenters. The maximum absolute atomic E-state index is 10.3. The van der Waals surface area contributed by atoms with E-state index in [0.29, 0.717) is 5.75 Å². The SMILES string of the molecule is Cc1ccccc1-n1cnnc1SCC(O)c1ccccc1. The Morgan fingerprint density at radius 2 is 1.82 bits per heavy atom. The van der Waals surface area contributed by atoms with Crippen LogP contribution in [0.5, 0.6) is 0 Å². The molecule has 0 aliphatic heterocycles. The topological polar surface area (TPSA) is 50.9 Å². The lowest BCUT2D eigenvalue weighted by molar-refractivity contribution is 0.204. The summed E-state index contributed by atoms with van der Waals surface area (Å²) in [6, 6.07) is 17.8. The van der Waals surface area contributed by atoms with E-state index in [0.717, 1.165) is 22.0 Å². The molecule has 0 aliphatic carbocycles. The number of nitrogens with zero attached hydrogens (tertiary/aromatic N) is 3. The number of para-hydroxylation sites is 1. The lowest BCUT2D eigenvalue weighted by atomic mass is 10.1. The van der Waals surface area contributed by atoms with Crippen LogP contribution < -0.4 is 0 Å². The first-order chi connectivity index (χ1) is 10.8. The van der Waals surface area contributed by atoms with Crippen molar-refractivity contribution in [2.24, 2.45) is 0 Å². The van der Waals surface area contributed by atoms with Gasteiger partial charge in [0.15, 0.2) is 5.16 Å². The molecule has 0 aliphatic rings. The summed E-state index contributed by atoms with van der Waals surface area (Å²) in [5.41, 5.74) is 3.13. The molecule has 0 spiro atoms. The first-order valence-corrected chi connectivity index (χ1v) is 8.06. The minimum atomic E-state index is -0.520. The van der Waals surface area contributed by atoms with Gasteiger partial charge in [0, 0.05) is 5.75 Å². The van der Waals surface area contributed by atoms with Crippen molar-refractivity contribution in [2.75, 3.05) is 5.75 Å². The number of rotatable bonds is 5. The molecule has 0 saturated carbocycles. The molecular formula is C17H17N3OS. The second kappa shape index (κ2) is 6.77. The molecule has 0 bridgehead atoms. The number of thioether (sulfide) groups is 1. The standard InChI is InChI=1S/C17H17N3OS/c1-13-7-5-6-10-15(13)20-12-18-19-17(20)22-11-16(21)14-8-3-2-4-9-14/h2-10,12,16,21H,11H2,1H3. The first-order valence-electron chi connectivity index (χ1n) is 7.07. The predicted octanol–water partition coefficient (Wildman–Crippen LogP) is 3.40. The summed E-state index contributed by atoms with van der Waals surface area (Å²) in [6.45, 7) is 2.06. The van der Waals surface area contributed by atoms with Gasteiger partial charge >= 0.3 is 0 Å². The molecule has 2 aromatic carbocycles. The van der Waals surface area contributed by atoms with Gasteiger partial charge in [0.25, 0.3) is 0 Å². The van der Waals surface area contributed by atoms with Gasteiger partial charge in [-0.1, -0.05) is 60.3 Å². The summed E-state index contributed by atoms with van der Waals surface area (Å²) in [4.78, 5) is 0. The van der Waals surface area contributed by atoms with Crippen molar-refractivity contribution in [2.45, 2.75) is 18.2 Å². The zero-order valence-corrected chi connectivity index (χ0v) is 13.1. The monoisotopic (exact) mass is 311 g/mol. The van der Waals surface area contributed by atoms with Crippen LogP contribution in [0.1, 0.15) is 17.2 Å². The van der Waals surface area contributed by atoms with Gasteiger partial charge in [-0.25, -0.2) is 0 Å². The zero-order chi connectivity index (χ0) is 15.4. The van der Waals surface area contributed by atoms with Crippen LogP contribution in [-0.4, -0.2) is 25.6 Å². The highest BCUT2D eigenvalue weighted by molar-refractivity contribution is 7.99. The van der Waals surface area contributed by atoms with E-state index in [-0.39, 0.29) is 0 Å². The molecule has 22 heavy (non-hydrogen) atoms. The Kier molecular flexibility index (Phi) is 4.56. The lowest BCUT2D eigenvalue weighted by Crippen LogP contribution is -2.03. The first kappa shape index (κ1) is 14.8. The Morgan fingerprint density at radius 1 is 1.09 bits per heavy atom. The van der Waals surface area contributed by atoms with E-state index in [9.17, 15) is 5.11 Å². The molecule has 1 aromatic heterocycles. The molecule has 5 heteroatoms. The maximum atomic E-state index is 10.3. The summed E-state index contributed by atoms with van der Waals surface area (Å²) in [5.74, 6) is 0.536. The summed E-state index contributed by atoms with van der Waals surface area (Å²) in [7, 11) is 0. The number of aryl methyl sites for hydroxylation is 1. The van der Waals surface area contributed by atoms with E-state index in [1.807, 2.05) is 53.1 Å². The highest BCUT2D eigenvalue weighted by Gasteiger charge is 2.13. The van der Waals surface area contributed by atoms with E-state index in [2.05, 4.69) is 23.2 Å². The summed E-state index contributed by atoms with van der Waals surface area (Å²) < 4.78 is 1.96. The second-order valence-electron chi connectivity index (χ2n) is 5.01. The maximum Gasteiger partial charge on any atom is 0.195 e. The fourth-order valence-corrected chi connectivity index (χ4v) is 3.14. The molecule has 1 N–H and O–H groups in total. The molecule has 1 heterocycles. The molecule has 112 valence electrons. The fraction of sp³-hybridized carbons (Fsp3) is 0.176. The normalized spacial score (nSPS) is 12.3. The smallest absolute Gasteiger partial charge is 0.195 e. The van der Waals surface area contributed by atoms with Crippen LogP contribution in [0.15, 0.2) is 66.1 Å². The van der Waals surface area contributed by atoms with E-state index in [1.54, 1.807) is 6.33 Å². The van der Waals surface area contributed by atoms with Gasteiger partial charge in [-0.15, -0.1) is 10.2 Å². The third-order valence-corrected chi connectivity index (χ3v) is 4.47. The van der Waals surface area contributed by atoms with Gasteiger partial charge in [0.2, 0.25) is 0 Å². The van der Waals surface area contributed by atoms with Crippen LogP contribution >= 0.6 is 11.8 Å². The van der Waals surface area contributed by atoms with Crippen LogP contribution in [0.4, 0.5) is 0 Å². The Hall–Kier alpha value is -2.11. The van der Waals surface area contributed by atoms with Crippen molar-refractivity contribution in [3.05, 3.63) is 72.1 Å². The Morgan fingerprint density at radius 3 is 2.59 bits per heavy atom. The predicted molar refractivity (Wildman–Crippen MR) is 88.2 cm³/mol. The Labute approximate surface area is 133 Å². The van der Waals surface area contributed by atoms with E-state index >= 15 is 0 Å². The molecular weight excluding hydrogens is 294 g/mol. The van der Waals surface area contributed by atoms with Gasteiger partial charge < -0.3 is 5.11 Å². The van der Waals surface area contributed by atoms with E-state index < -0.39 is 6.10 Å². The number of aliphatic hydroxyl groups is 1. The molecule has 0 radical (unpaired) electrons. The molecule has 1 atom stereocenters. The van der Waals surface area contributed by atoms with Crippen LogP contribution in [0, 0.1) is 6.92 Å². The molecule has 0 saturated heterocycles. The van der Waals surface area contributed by atoms with Gasteiger partial charge in [-0.05, 0) is 24.1 Å². The molecule has 3 rings (SSSR count). The van der Waals surface area contributed by atoms with Crippen LogP contribution in [0.2, 0.25) is 0 Å². The van der Waals surface area contributed by atoms with Crippen molar-refractivity contribution in [1.82, 2.24) is 14.8 Å². The van der Waals surface area contributed by atoms with Crippen molar-refractivity contribution in [3.8, 4) is 5.69 Å². The van der Waals surface area contributed by atoms with Gasteiger partial charge in [-0.3, -0.25) is 4.57 Å². The highest BCUT2D eigenvalue weighted by atomic mass is 32.2. The minimum Gasteiger partial charge on any atom is -0.388 e. The second-order valence-corrected chi connectivity index (χ2v) is 5.99. The number of aliphatic hydroxyl groups excluding tert-OH is 1. The van der Waals surface area contributed by atoms with Gasteiger partial charge in [-0.2, -0.15) is 0 Å². The van der Waals surface area contributed by atoms with Crippen molar-refractivity contribution < 1.29 is 5.11 Å². The van der Waals surface area contributed by atoms with Gasteiger partial charge in [0.05, 0.1) is 11.8 Å². The van der Waals surface area contributed by atoms with Crippen molar-refractivity contribution in [1.29, 1.82) is 0 Å². The Bertz CT molecular complexity index is 742. The molecule has 4 nitrogen and oxygen atoms in total. The summed E-state index contributed by atoms with van der Waals surface area (Å²) >= 11 is 1.50. The molecule has 3 aromatic rings.